The van der Waals surface area contributed by atoms with Crippen LogP contribution in [0.3, 0.4) is 0 Å². The first-order valence-electron chi connectivity index (χ1n) is 18.9. The summed E-state index contributed by atoms with van der Waals surface area (Å²) in [6, 6.07) is 11.4. The molecule has 0 spiro atoms. The molecule has 1 amide bonds. The summed E-state index contributed by atoms with van der Waals surface area (Å²) in [6.07, 6.45) is 5.23. The lowest BCUT2D eigenvalue weighted by Crippen LogP contribution is -2.57. The molecular formula is C40H49FN6O6. The molecule has 4 aliphatic heterocycles. The van der Waals surface area contributed by atoms with Crippen LogP contribution in [0.15, 0.2) is 47.4 Å². The third-order valence-corrected chi connectivity index (χ3v) is 11.3. The number of rotatable bonds is 9. The van der Waals surface area contributed by atoms with Crippen molar-refractivity contribution >= 4 is 33.5 Å². The van der Waals surface area contributed by atoms with Crippen LogP contribution < -0.4 is 19.9 Å². The molecule has 4 saturated heterocycles. The third-order valence-electron chi connectivity index (χ3n) is 11.3. The second-order valence-corrected chi connectivity index (χ2v) is 16.0. The number of pyridine rings is 1. The maximum absolute atomic E-state index is 14.8. The van der Waals surface area contributed by atoms with Gasteiger partial charge in [0.2, 0.25) is 5.88 Å². The summed E-state index contributed by atoms with van der Waals surface area (Å²) in [7, 11) is 1.56. The van der Waals surface area contributed by atoms with Crippen molar-refractivity contribution in [1.29, 1.82) is 0 Å². The number of alkyl halides is 1. The van der Waals surface area contributed by atoms with E-state index in [4.69, 9.17) is 29.0 Å². The van der Waals surface area contributed by atoms with E-state index >= 15 is 0 Å². The number of piperazine rings is 1. The van der Waals surface area contributed by atoms with Crippen molar-refractivity contribution in [3.05, 3.63) is 58.5 Å². The molecule has 2 unspecified atom stereocenters. The van der Waals surface area contributed by atoms with Gasteiger partial charge in [-0.2, -0.15) is 14.8 Å². The van der Waals surface area contributed by atoms with Gasteiger partial charge < -0.3 is 23.8 Å². The molecule has 4 aliphatic rings. The summed E-state index contributed by atoms with van der Waals surface area (Å²) >= 11 is 0. The van der Waals surface area contributed by atoms with Crippen molar-refractivity contribution in [2.45, 2.75) is 95.6 Å². The van der Waals surface area contributed by atoms with Gasteiger partial charge in [0, 0.05) is 50.7 Å². The van der Waals surface area contributed by atoms with Gasteiger partial charge in [0.25, 0.3) is 5.56 Å². The van der Waals surface area contributed by atoms with Gasteiger partial charge >= 0.3 is 6.09 Å². The Hall–Kier alpha value is -4.49. The van der Waals surface area contributed by atoms with E-state index in [1.165, 1.54) is 4.68 Å². The SMILES string of the molecule is CCc1cccc2cc(OCOC)cc(-n3ncc4c(N5CC6CCC(C5)N6C(=O)OC(C)(C)C)nc(OC[C@]56CCCN5C[C@@H](F)C6)cc4c3=O)c12. The molecule has 0 N–H and O–H groups in total. The Morgan fingerprint density at radius 3 is 2.58 bits per heavy atom. The summed E-state index contributed by atoms with van der Waals surface area (Å²) in [5.74, 6) is 1.45. The lowest BCUT2D eigenvalue weighted by Gasteiger charge is -2.42. The van der Waals surface area contributed by atoms with Gasteiger partial charge in [-0.3, -0.25) is 14.6 Å². The predicted molar refractivity (Wildman–Crippen MR) is 200 cm³/mol. The molecule has 53 heavy (non-hydrogen) atoms. The molecule has 0 aliphatic carbocycles. The Kier molecular flexibility index (Phi) is 9.21. The second-order valence-electron chi connectivity index (χ2n) is 16.0. The van der Waals surface area contributed by atoms with Crippen LogP contribution in [0.4, 0.5) is 15.0 Å². The van der Waals surface area contributed by atoms with Gasteiger partial charge in [-0.1, -0.05) is 25.1 Å². The quantitative estimate of drug-likeness (QED) is 0.190. The van der Waals surface area contributed by atoms with Crippen molar-refractivity contribution in [1.82, 2.24) is 24.6 Å². The molecule has 6 heterocycles. The number of fused-ring (bicyclic) bond motifs is 5. The lowest BCUT2D eigenvalue weighted by atomic mass is 9.95. The highest BCUT2D eigenvalue weighted by Gasteiger charge is 2.49. The zero-order chi connectivity index (χ0) is 37.1. The summed E-state index contributed by atoms with van der Waals surface area (Å²) in [5.41, 5.74) is 0.365. The topological polar surface area (TPSA) is 111 Å². The number of anilines is 1. The highest BCUT2D eigenvalue weighted by molar-refractivity contribution is 5.96. The lowest BCUT2D eigenvalue weighted by molar-refractivity contribution is 0.0122. The first-order chi connectivity index (χ1) is 25.5. The Labute approximate surface area is 308 Å². The van der Waals surface area contributed by atoms with Gasteiger partial charge in [-0.15, -0.1) is 0 Å². The fourth-order valence-electron chi connectivity index (χ4n) is 9.06. The number of aryl methyl sites for hydroxylation is 1. The van der Waals surface area contributed by atoms with Gasteiger partial charge in [0.05, 0.1) is 40.3 Å². The molecule has 4 aromatic rings. The minimum absolute atomic E-state index is 0.0550. The van der Waals surface area contributed by atoms with Crippen molar-refractivity contribution in [3.8, 4) is 17.3 Å². The number of carbonyl (C=O) groups excluding carboxylic acids is 1. The zero-order valence-corrected chi connectivity index (χ0v) is 31.3. The number of hydrogen-bond acceptors (Lipinski definition) is 10. The van der Waals surface area contributed by atoms with Crippen LogP contribution in [0, 0.1) is 0 Å². The van der Waals surface area contributed by atoms with Crippen LogP contribution in [0.25, 0.3) is 27.2 Å². The Balaban J connectivity index is 1.23. The van der Waals surface area contributed by atoms with E-state index in [0.717, 1.165) is 55.0 Å². The maximum Gasteiger partial charge on any atom is 0.410 e. The summed E-state index contributed by atoms with van der Waals surface area (Å²) in [5, 5.41) is 7.62. The molecule has 2 aromatic heterocycles. The largest absolute Gasteiger partial charge is 0.476 e. The summed E-state index contributed by atoms with van der Waals surface area (Å²) < 4.78 is 39.5. The normalized spacial score (nSPS) is 24.3. The highest BCUT2D eigenvalue weighted by Crippen LogP contribution is 2.41. The Bertz CT molecular complexity index is 2090. The molecule has 0 radical (unpaired) electrons. The van der Waals surface area contributed by atoms with Gasteiger partial charge in [0.15, 0.2) is 6.79 Å². The average Bonchev–Trinajstić information content (AvgIpc) is 3.75. The van der Waals surface area contributed by atoms with Crippen molar-refractivity contribution < 1.29 is 28.1 Å². The van der Waals surface area contributed by atoms with Gasteiger partial charge in [0.1, 0.15) is 29.9 Å². The number of hydrogen-bond donors (Lipinski definition) is 0. The number of benzene rings is 2. The van der Waals surface area contributed by atoms with Gasteiger partial charge in [-0.25, -0.2) is 9.18 Å². The number of halogens is 1. The molecule has 4 fully saturated rings. The number of nitrogens with zero attached hydrogens (tertiary/aromatic N) is 6. The van der Waals surface area contributed by atoms with E-state index in [2.05, 4.69) is 22.8 Å². The summed E-state index contributed by atoms with van der Waals surface area (Å²) in [6.45, 7) is 10.4. The number of methoxy groups -OCH3 is 1. The minimum atomic E-state index is -0.888. The van der Waals surface area contributed by atoms with E-state index in [1.54, 1.807) is 19.4 Å². The summed E-state index contributed by atoms with van der Waals surface area (Å²) in [4.78, 5) is 39.4. The van der Waals surface area contributed by atoms with Crippen LogP contribution in [0.2, 0.25) is 0 Å². The van der Waals surface area contributed by atoms with Crippen molar-refractivity contribution in [2.24, 2.45) is 0 Å². The van der Waals surface area contributed by atoms with Crippen LogP contribution in [-0.2, 0) is 15.9 Å². The molecule has 8 rings (SSSR count). The van der Waals surface area contributed by atoms with Crippen LogP contribution in [-0.4, -0.2) is 107 Å². The first-order valence-corrected chi connectivity index (χ1v) is 18.9. The van der Waals surface area contributed by atoms with Crippen molar-refractivity contribution in [2.75, 3.05) is 51.6 Å². The molecule has 13 heteroatoms. The third kappa shape index (κ3) is 6.56. The Morgan fingerprint density at radius 1 is 1.06 bits per heavy atom. The van der Waals surface area contributed by atoms with E-state index in [9.17, 15) is 14.0 Å². The number of amides is 1. The van der Waals surface area contributed by atoms with Crippen LogP contribution in [0.5, 0.6) is 11.6 Å². The number of carbonyl (C=O) groups is 1. The van der Waals surface area contributed by atoms with Crippen LogP contribution >= 0.6 is 0 Å². The highest BCUT2D eigenvalue weighted by atomic mass is 19.1. The molecular weight excluding hydrogens is 679 g/mol. The maximum atomic E-state index is 14.8. The number of aromatic nitrogens is 3. The monoisotopic (exact) mass is 728 g/mol. The van der Waals surface area contributed by atoms with Crippen molar-refractivity contribution in [3.63, 3.8) is 0 Å². The van der Waals surface area contributed by atoms with E-state index < -0.39 is 11.8 Å². The van der Waals surface area contributed by atoms with E-state index in [1.807, 2.05) is 49.9 Å². The Morgan fingerprint density at radius 2 is 1.85 bits per heavy atom. The fourth-order valence-corrected chi connectivity index (χ4v) is 9.06. The molecule has 0 saturated carbocycles. The molecule has 12 nitrogen and oxygen atoms in total. The minimum Gasteiger partial charge on any atom is -0.476 e. The average molecular weight is 729 g/mol. The molecule has 4 atom stereocenters. The molecule has 282 valence electrons. The standard InChI is InChI=1S/C40H49FN6O6/c1-6-25-9-7-10-26-15-30(52-24-50-5)16-33(35(25)26)47-37(48)31-17-34(51-23-40-13-8-14-45(40)20-27(41)18-40)43-36(32(31)19-42-47)44-21-28-11-12-29(22-44)46(28)38(49)53-39(2,3)4/h7,9-10,15-17,19,27-29H,6,8,11-14,18,20-24H2,1-5H3/t27-,28?,29?,40+/m0/s1. The second kappa shape index (κ2) is 13.7. The number of ether oxygens (including phenoxy) is 4. The van der Waals surface area contributed by atoms with Gasteiger partial charge in [-0.05, 0) is 76.4 Å². The zero-order valence-electron chi connectivity index (χ0n) is 31.3. The predicted octanol–water partition coefficient (Wildman–Crippen LogP) is 6.02. The smallest absolute Gasteiger partial charge is 0.410 e. The molecule has 2 bridgehead atoms. The first kappa shape index (κ1) is 35.5. The van der Waals surface area contributed by atoms with Crippen LogP contribution in [0.1, 0.15) is 65.4 Å². The fraction of sp³-hybridized carbons (Fsp3) is 0.550. The van der Waals surface area contributed by atoms with E-state index in [-0.39, 0.29) is 42.7 Å². The molecule has 2 aromatic carbocycles. The van der Waals surface area contributed by atoms with E-state index in [0.29, 0.717) is 60.0 Å².